The largest absolute Gasteiger partial charge is 0.311 e. The average Bonchev–Trinajstić information content (AvgIpc) is 2.88. The van der Waals surface area contributed by atoms with Crippen molar-refractivity contribution >= 4 is 23.1 Å². The Balaban J connectivity index is 1.97. The van der Waals surface area contributed by atoms with Gasteiger partial charge in [0.25, 0.3) is 0 Å². The van der Waals surface area contributed by atoms with Crippen LogP contribution in [0.3, 0.4) is 0 Å². The summed E-state index contributed by atoms with van der Waals surface area (Å²) in [5.41, 5.74) is 2.07. The summed E-state index contributed by atoms with van der Waals surface area (Å²) < 4.78 is 0. The Morgan fingerprint density at radius 2 is 2.50 bits per heavy atom. The fourth-order valence-electron chi connectivity index (χ4n) is 1.45. The molecule has 5 heteroatoms. The van der Waals surface area contributed by atoms with Gasteiger partial charge in [0.05, 0.1) is 12.6 Å². The molecule has 0 aliphatic heterocycles. The second-order valence-electron chi connectivity index (χ2n) is 3.48. The predicted octanol–water partition coefficient (Wildman–Crippen LogP) is 2.21. The first kappa shape index (κ1) is 10.9. The Bertz CT molecular complexity index is 461. The Morgan fingerprint density at radius 1 is 1.62 bits per heavy atom. The molecule has 0 radical (unpaired) electrons. The van der Waals surface area contributed by atoms with Crippen molar-refractivity contribution in [2.75, 3.05) is 5.32 Å². The number of H-pyrrole nitrogens is 1. The highest BCUT2D eigenvalue weighted by molar-refractivity contribution is 7.08. The quantitative estimate of drug-likeness (QED) is 0.853. The number of thiophene rings is 1. The maximum Gasteiger partial charge on any atom is 0.229 e. The molecule has 0 saturated heterocycles. The number of carbonyl (C=O) groups excluding carboxylic acids is 1. The van der Waals surface area contributed by atoms with Crippen molar-refractivity contribution in [2.24, 2.45) is 0 Å². The number of aromatic amines is 1. The molecular formula is C11H13N3OS. The third kappa shape index (κ3) is 2.49. The minimum Gasteiger partial charge on any atom is -0.311 e. The van der Waals surface area contributed by atoms with E-state index >= 15 is 0 Å². The van der Waals surface area contributed by atoms with E-state index in [-0.39, 0.29) is 5.91 Å². The van der Waals surface area contributed by atoms with Crippen molar-refractivity contribution in [2.45, 2.75) is 19.8 Å². The van der Waals surface area contributed by atoms with Crippen LogP contribution >= 0.6 is 11.3 Å². The van der Waals surface area contributed by atoms with Gasteiger partial charge in [0.1, 0.15) is 5.82 Å². The van der Waals surface area contributed by atoms with E-state index < -0.39 is 0 Å². The monoisotopic (exact) mass is 235 g/mol. The van der Waals surface area contributed by atoms with Gasteiger partial charge in [0.2, 0.25) is 5.91 Å². The standard InChI is InChI=1S/C11H13N3OS/c1-2-9-6-12-14-11(9)13-10(15)5-8-3-4-16-7-8/h3-4,6-7H,2,5H2,1H3,(H2,12,13,14,15). The van der Waals surface area contributed by atoms with Gasteiger partial charge >= 0.3 is 0 Å². The van der Waals surface area contributed by atoms with Crippen molar-refractivity contribution in [1.82, 2.24) is 10.2 Å². The maximum atomic E-state index is 11.7. The van der Waals surface area contributed by atoms with Crippen molar-refractivity contribution in [3.05, 3.63) is 34.2 Å². The van der Waals surface area contributed by atoms with Crippen LogP contribution in [0, 0.1) is 0 Å². The summed E-state index contributed by atoms with van der Waals surface area (Å²) in [6.45, 7) is 2.03. The molecule has 2 heterocycles. The van der Waals surface area contributed by atoms with E-state index in [1.807, 2.05) is 23.8 Å². The second kappa shape index (κ2) is 4.94. The smallest absolute Gasteiger partial charge is 0.229 e. The molecule has 0 saturated carbocycles. The molecule has 84 valence electrons. The van der Waals surface area contributed by atoms with Gasteiger partial charge in [-0.2, -0.15) is 16.4 Å². The SMILES string of the molecule is CCc1cn[nH]c1NC(=O)Cc1ccsc1. The summed E-state index contributed by atoms with van der Waals surface area (Å²) in [6.07, 6.45) is 3.00. The van der Waals surface area contributed by atoms with Gasteiger partial charge in [-0.1, -0.05) is 6.92 Å². The summed E-state index contributed by atoms with van der Waals surface area (Å²) in [5, 5.41) is 13.5. The van der Waals surface area contributed by atoms with Gasteiger partial charge in [-0.05, 0) is 28.8 Å². The minimum absolute atomic E-state index is 0.0163. The third-order valence-corrected chi connectivity index (χ3v) is 3.04. The number of nitrogens with zero attached hydrogens (tertiary/aromatic N) is 1. The van der Waals surface area contributed by atoms with E-state index in [0.717, 1.165) is 17.5 Å². The number of anilines is 1. The van der Waals surface area contributed by atoms with Gasteiger partial charge < -0.3 is 5.32 Å². The third-order valence-electron chi connectivity index (χ3n) is 2.31. The van der Waals surface area contributed by atoms with E-state index in [0.29, 0.717) is 12.2 Å². The highest BCUT2D eigenvalue weighted by atomic mass is 32.1. The van der Waals surface area contributed by atoms with Crippen molar-refractivity contribution in [3.8, 4) is 0 Å². The van der Waals surface area contributed by atoms with Crippen LogP contribution in [0.5, 0.6) is 0 Å². The highest BCUT2D eigenvalue weighted by Crippen LogP contribution is 2.12. The molecule has 0 bridgehead atoms. The van der Waals surface area contributed by atoms with Crippen LogP contribution < -0.4 is 5.32 Å². The normalized spacial score (nSPS) is 10.3. The van der Waals surface area contributed by atoms with Crippen LogP contribution in [0.2, 0.25) is 0 Å². The molecule has 4 nitrogen and oxygen atoms in total. The summed E-state index contributed by atoms with van der Waals surface area (Å²) >= 11 is 1.60. The van der Waals surface area contributed by atoms with Crippen LogP contribution in [-0.4, -0.2) is 16.1 Å². The minimum atomic E-state index is -0.0163. The number of aromatic nitrogens is 2. The summed E-state index contributed by atoms with van der Waals surface area (Å²) in [7, 11) is 0. The molecule has 0 spiro atoms. The first-order valence-electron chi connectivity index (χ1n) is 5.12. The molecule has 0 aliphatic carbocycles. The van der Waals surface area contributed by atoms with E-state index in [2.05, 4.69) is 15.5 Å². The van der Waals surface area contributed by atoms with E-state index in [9.17, 15) is 4.79 Å². The molecule has 0 fully saturated rings. The molecule has 2 aromatic rings. The summed E-state index contributed by atoms with van der Waals surface area (Å²) in [4.78, 5) is 11.7. The Hall–Kier alpha value is -1.62. The number of rotatable bonds is 4. The lowest BCUT2D eigenvalue weighted by molar-refractivity contribution is -0.115. The molecule has 16 heavy (non-hydrogen) atoms. The summed E-state index contributed by atoms with van der Waals surface area (Å²) in [6, 6.07) is 1.96. The highest BCUT2D eigenvalue weighted by Gasteiger charge is 2.08. The number of hydrogen-bond donors (Lipinski definition) is 2. The zero-order valence-corrected chi connectivity index (χ0v) is 9.80. The zero-order valence-electron chi connectivity index (χ0n) is 8.99. The van der Waals surface area contributed by atoms with Crippen LogP contribution in [-0.2, 0) is 17.6 Å². The van der Waals surface area contributed by atoms with Crippen LogP contribution in [0.1, 0.15) is 18.1 Å². The molecule has 0 atom stereocenters. The average molecular weight is 235 g/mol. The Kier molecular flexibility index (Phi) is 3.36. The molecule has 2 N–H and O–H groups in total. The number of carbonyl (C=O) groups is 1. The molecule has 0 unspecified atom stereocenters. The van der Waals surface area contributed by atoms with Crippen molar-refractivity contribution in [1.29, 1.82) is 0 Å². The van der Waals surface area contributed by atoms with Crippen LogP contribution in [0.15, 0.2) is 23.0 Å². The van der Waals surface area contributed by atoms with Gasteiger partial charge in [-0.25, -0.2) is 0 Å². The van der Waals surface area contributed by atoms with Crippen molar-refractivity contribution in [3.63, 3.8) is 0 Å². The number of hydrogen-bond acceptors (Lipinski definition) is 3. The topological polar surface area (TPSA) is 57.8 Å². The molecule has 0 aliphatic rings. The lowest BCUT2D eigenvalue weighted by Crippen LogP contribution is -2.15. The molecule has 2 rings (SSSR count). The zero-order chi connectivity index (χ0) is 11.4. The molecule has 2 aromatic heterocycles. The van der Waals surface area contributed by atoms with Crippen LogP contribution in [0.4, 0.5) is 5.82 Å². The Morgan fingerprint density at radius 3 is 3.19 bits per heavy atom. The second-order valence-corrected chi connectivity index (χ2v) is 4.26. The van der Waals surface area contributed by atoms with Crippen molar-refractivity contribution < 1.29 is 4.79 Å². The first-order chi connectivity index (χ1) is 7.79. The fourth-order valence-corrected chi connectivity index (χ4v) is 2.12. The number of amides is 1. The number of aryl methyl sites for hydroxylation is 1. The summed E-state index contributed by atoms with van der Waals surface area (Å²) in [5.74, 6) is 0.695. The lowest BCUT2D eigenvalue weighted by atomic mass is 10.2. The van der Waals surface area contributed by atoms with E-state index in [1.54, 1.807) is 17.5 Å². The van der Waals surface area contributed by atoms with Crippen LogP contribution in [0.25, 0.3) is 0 Å². The fraction of sp³-hybridized carbons (Fsp3) is 0.273. The van der Waals surface area contributed by atoms with E-state index in [4.69, 9.17) is 0 Å². The van der Waals surface area contributed by atoms with Gasteiger partial charge in [0.15, 0.2) is 0 Å². The lowest BCUT2D eigenvalue weighted by Gasteiger charge is -2.03. The molecule has 0 aromatic carbocycles. The van der Waals surface area contributed by atoms with Gasteiger partial charge in [-0.15, -0.1) is 0 Å². The molecular weight excluding hydrogens is 222 g/mol. The maximum absolute atomic E-state index is 11.7. The van der Waals surface area contributed by atoms with E-state index in [1.165, 1.54) is 0 Å². The molecule has 1 amide bonds. The Labute approximate surface area is 97.7 Å². The number of nitrogens with one attached hydrogen (secondary N) is 2. The first-order valence-corrected chi connectivity index (χ1v) is 6.07. The van der Waals surface area contributed by atoms with Gasteiger partial charge in [-0.3, -0.25) is 9.89 Å². The predicted molar refractivity (Wildman–Crippen MR) is 64.6 cm³/mol. The van der Waals surface area contributed by atoms with Gasteiger partial charge in [0, 0.05) is 5.56 Å².